The number of aryl methyl sites for hydroxylation is 1. The van der Waals surface area contributed by atoms with Crippen LogP contribution in [-0.2, 0) is 10.3 Å². The molecule has 1 saturated carbocycles. The number of hydrogen-bond donors (Lipinski definition) is 2. The highest BCUT2D eigenvalue weighted by atomic mass is 16.5. The van der Waals surface area contributed by atoms with E-state index in [-0.39, 0.29) is 11.2 Å². The van der Waals surface area contributed by atoms with Crippen LogP contribution in [0.4, 0.5) is 5.69 Å². The molecule has 8 nitrogen and oxygen atoms in total. The fraction of sp³-hybridized carbons (Fsp3) is 0.458. The maximum Gasteiger partial charge on any atom is 0.182 e. The van der Waals surface area contributed by atoms with E-state index in [0.29, 0.717) is 5.75 Å². The molecule has 1 spiro atoms. The first-order valence-corrected chi connectivity index (χ1v) is 11.1. The van der Waals surface area contributed by atoms with E-state index >= 15 is 0 Å². The quantitative estimate of drug-likeness (QED) is 0.626. The summed E-state index contributed by atoms with van der Waals surface area (Å²) in [4.78, 5) is 0. The molecular weight excluding hydrogens is 406 g/mol. The molecule has 2 atom stereocenters. The third-order valence-electron chi connectivity index (χ3n) is 6.82. The molecule has 168 valence electrons. The Hall–Kier alpha value is -3.13. The number of ether oxygens (including phenoxy) is 2. The minimum Gasteiger partial charge on any atom is -0.508 e. The second kappa shape index (κ2) is 8.09. The van der Waals surface area contributed by atoms with E-state index in [0.717, 1.165) is 68.1 Å². The second-order valence-electron chi connectivity index (χ2n) is 9.18. The highest BCUT2D eigenvalue weighted by molar-refractivity contribution is 5.54. The van der Waals surface area contributed by atoms with Gasteiger partial charge in [0.2, 0.25) is 0 Å². The summed E-state index contributed by atoms with van der Waals surface area (Å²) in [5.41, 5.74) is 2.22. The molecule has 3 aromatic rings. The Kier molecular flexibility index (Phi) is 5.25. The van der Waals surface area contributed by atoms with Crippen LogP contribution in [0.25, 0.3) is 5.69 Å². The third-order valence-corrected chi connectivity index (χ3v) is 6.82. The lowest BCUT2D eigenvalue weighted by atomic mass is 9.79. The summed E-state index contributed by atoms with van der Waals surface area (Å²) in [6, 6.07) is 13.3. The molecule has 1 aliphatic heterocycles. The predicted octanol–water partition coefficient (Wildman–Crippen LogP) is 3.97. The van der Waals surface area contributed by atoms with Crippen LogP contribution < -0.4 is 10.1 Å². The number of tetrazole rings is 1. The molecule has 1 saturated heterocycles. The van der Waals surface area contributed by atoms with Crippen molar-refractivity contribution in [2.24, 2.45) is 5.41 Å². The van der Waals surface area contributed by atoms with E-state index in [9.17, 15) is 5.11 Å². The van der Waals surface area contributed by atoms with Crippen molar-refractivity contribution in [3.8, 4) is 17.2 Å². The van der Waals surface area contributed by atoms with E-state index in [4.69, 9.17) is 9.47 Å². The molecule has 2 N–H and O–H groups in total. The Bertz CT molecular complexity index is 1090. The first-order valence-electron chi connectivity index (χ1n) is 11.1. The Morgan fingerprint density at radius 3 is 2.81 bits per heavy atom. The number of aromatic nitrogens is 4. The van der Waals surface area contributed by atoms with Crippen molar-refractivity contribution < 1.29 is 14.6 Å². The number of benzene rings is 2. The maximum absolute atomic E-state index is 10.2. The number of rotatable bonds is 5. The zero-order valence-electron chi connectivity index (χ0n) is 18.5. The summed E-state index contributed by atoms with van der Waals surface area (Å²) >= 11 is 0. The fourth-order valence-corrected chi connectivity index (χ4v) is 5.46. The van der Waals surface area contributed by atoms with Gasteiger partial charge in [-0.1, -0.05) is 12.1 Å². The second-order valence-corrected chi connectivity index (χ2v) is 9.18. The normalized spacial score (nSPS) is 25.2. The van der Waals surface area contributed by atoms with Gasteiger partial charge < -0.3 is 19.9 Å². The van der Waals surface area contributed by atoms with Gasteiger partial charge in [-0.15, -0.1) is 5.10 Å². The summed E-state index contributed by atoms with van der Waals surface area (Å²) in [5.74, 6) is 1.68. The molecule has 1 aliphatic carbocycles. The summed E-state index contributed by atoms with van der Waals surface area (Å²) < 4.78 is 13.3. The largest absolute Gasteiger partial charge is 0.508 e. The van der Waals surface area contributed by atoms with Crippen molar-refractivity contribution in [1.29, 1.82) is 0 Å². The molecule has 0 bridgehead atoms. The van der Waals surface area contributed by atoms with Crippen LogP contribution in [0.3, 0.4) is 0 Å². The van der Waals surface area contributed by atoms with E-state index in [1.807, 2.05) is 37.3 Å². The number of nitrogens with one attached hydrogen (secondary N) is 1. The van der Waals surface area contributed by atoms with Crippen LogP contribution in [0.5, 0.6) is 11.5 Å². The highest BCUT2D eigenvalue weighted by Gasteiger charge is 2.52. The first kappa shape index (κ1) is 20.8. The molecule has 1 aromatic heterocycles. The fourth-order valence-electron chi connectivity index (χ4n) is 5.46. The SMILES string of the molecule is COc1ccccc1-n1nnnc1C1(Nc2cc(C)cc(O)c2)CCC2(CCCOC2)C1. The van der Waals surface area contributed by atoms with Crippen LogP contribution in [0, 0.1) is 12.3 Å². The Balaban J connectivity index is 1.61. The molecular formula is C24H29N5O3. The van der Waals surface area contributed by atoms with E-state index in [1.165, 1.54) is 0 Å². The number of nitrogens with zero attached hydrogens (tertiary/aromatic N) is 4. The summed E-state index contributed by atoms with van der Waals surface area (Å²) in [7, 11) is 1.65. The van der Waals surface area contributed by atoms with Gasteiger partial charge in [-0.2, -0.15) is 4.68 Å². The van der Waals surface area contributed by atoms with Gasteiger partial charge in [-0.25, -0.2) is 0 Å². The number of phenols is 1. The van der Waals surface area contributed by atoms with Gasteiger partial charge >= 0.3 is 0 Å². The Morgan fingerprint density at radius 2 is 2.03 bits per heavy atom. The van der Waals surface area contributed by atoms with Gasteiger partial charge in [0.1, 0.15) is 22.7 Å². The molecule has 0 radical (unpaired) electrons. The lowest BCUT2D eigenvalue weighted by Crippen LogP contribution is -2.39. The van der Waals surface area contributed by atoms with Gasteiger partial charge in [-0.05, 0) is 84.7 Å². The van der Waals surface area contributed by atoms with Crippen molar-refractivity contribution in [2.75, 3.05) is 25.6 Å². The van der Waals surface area contributed by atoms with Crippen LogP contribution in [0.15, 0.2) is 42.5 Å². The molecule has 2 unspecified atom stereocenters. The minimum absolute atomic E-state index is 0.0919. The van der Waals surface area contributed by atoms with Crippen molar-refractivity contribution in [1.82, 2.24) is 20.2 Å². The number of methoxy groups -OCH3 is 1. The molecule has 2 aromatic carbocycles. The number of para-hydroxylation sites is 2. The van der Waals surface area contributed by atoms with E-state index in [2.05, 4.69) is 20.8 Å². The van der Waals surface area contributed by atoms with Crippen molar-refractivity contribution in [3.63, 3.8) is 0 Å². The molecule has 5 rings (SSSR count). The van der Waals surface area contributed by atoms with Crippen LogP contribution in [0.2, 0.25) is 0 Å². The minimum atomic E-state index is -0.509. The van der Waals surface area contributed by atoms with Gasteiger partial charge in [0.15, 0.2) is 5.82 Å². The molecule has 0 amide bonds. The third kappa shape index (κ3) is 3.68. The molecule has 2 fully saturated rings. The summed E-state index contributed by atoms with van der Waals surface area (Å²) in [6.07, 6.45) is 4.94. The monoisotopic (exact) mass is 435 g/mol. The Labute approximate surface area is 187 Å². The Morgan fingerprint density at radius 1 is 1.16 bits per heavy atom. The average Bonchev–Trinajstić information content (AvgIpc) is 3.40. The molecule has 8 heteroatoms. The van der Waals surface area contributed by atoms with Crippen molar-refractivity contribution >= 4 is 5.69 Å². The number of phenolic OH excluding ortho intramolecular Hbond substituents is 1. The van der Waals surface area contributed by atoms with Crippen molar-refractivity contribution in [3.05, 3.63) is 53.9 Å². The lowest BCUT2D eigenvalue weighted by Gasteiger charge is -2.37. The number of anilines is 1. The number of aromatic hydroxyl groups is 1. The summed E-state index contributed by atoms with van der Waals surface area (Å²) in [6.45, 7) is 3.56. The molecule has 2 heterocycles. The van der Waals surface area contributed by atoms with Crippen LogP contribution >= 0.6 is 0 Å². The van der Waals surface area contributed by atoms with Crippen LogP contribution in [-0.4, -0.2) is 45.6 Å². The smallest absolute Gasteiger partial charge is 0.182 e. The first-order chi connectivity index (χ1) is 15.5. The zero-order chi connectivity index (χ0) is 22.2. The van der Waals surface area contributed by atoms with Gasteiger partial charge in [0.05, 0.1) is 13.7 Å². The lowest BCUT2D eigenvalue weighted by molar-refractivity contribution is -0.00685. The molecule has 32 heavy (non-hydrogen) atoms. The topological polar surface area (TPSA) is 94.3 Å². The highest BCUT2D eigenvalue weighted by Crippen LogP contribution is 2.54. The van der Waals surface area contributed by atoms with Crippen molar-refractivity contribution in [2.45, 2.75) is 44.6 Å². The van der Waals surface area contributed by atoms with Gasteiger partial charge in [-0.3, -0.25) is 0 Å². The standard InChI is InChI=1S/C24H29N5O3/c1-17-12-18(14-19(30)13-17)25-24(10-9-23(15-24)8-5-11-32-16-23)22-26-27-28-29(22)20-6-3-4-7-21(20)31-2/h3-4,6-7,12-14,25,30H,5,8-11,15-16H2,1-2H3. The average molecular weight is 436 g/mol. The van der Waals surface area contributed by atoms with E-state index < -0.39 is 5.54 Å². The van der Waals surface area contributed by atoms with E-state index in [1.54, 1.807) is 23.9 Å². The van der Waals surface area contributed by atoms with Gasteiger partial charge in [0.25, 0.3) is 0 Å². The molecule has 2 aliphatic rings. The maximum atomic E-state index is 10.2. The van der Waals surface area contributed by atoms with Gasteiger partial charge in [0, 0.05) is 18.4 Å². The van der Waals surface area contributed by atoms with Crippen LogP contribution in [0.1, 0.15) is 43.5 Å². The predicted molar refractivity (Wildman–Crippen MR) is 120 cm³/mol. The zero-order valence-corrected chi connectivity index (χ0v) is 18.5. The number of hydrogen-bond acceptors (Lipinski definition) is 7. The summed E-state index contributed by atoms with van der Waals surface area (Å²) in [5, 5.41) is 26.9.